The second-order valence-corrected chi connectivity index (χ2v) is 2.95. The number of rotatable bonds is 1. The number of alkyl halides is 1. The van der Waals surface area contributed by atoms with Crippen LogP contribution in [-0.4, -0.2) is 11.5 Å². The minimum Gasteiger partial charge on any atom is -0.296 e. The molecular formula is C8H13FO. The van der Waals surface area contributed by atoms with E-state index in [1.54, 1.807) is 6.92 Å². The molecule has 0 spiro atoms. The molecule has 1 aliphatic rings. The van der Waals surface area contributed by atoms with Crippen molar-refractivity contribution in [3.63, 3.8) is 0 Å². The maximum Gasteiger partial charge on any atom is 0.169 e. The Labute approximate surface area is 60.6 Å². The van der Waals surface area contributed by atoms with Crippen molar-refractivity contribution >= 4 is 5.78 Å². The van der Waals surface area contributed by atoms with Crippen molar-refractivity contribution in [2.45, 2.75) is 44.7 Å². The molecule has 0 heterocycles. The van der Waals surface area contributed by atoms with Crippen LogP contribution >= 0.6 is 0 Å². The van der Waals surface area contributed by atoms with Crippen LogP contribution in [0.5, 0.6) is 0 Å². The molecule has 1 aliphatic carbocycles. The third-order valence-electron chi connectivity index (χ3n) is 2.29. The van der Waals surface area contributed by atoms with Crippen LogP contribution in [-0.2, 0) is 4.79 Å². The van der Waals surface area contributed by atoms with Gasteiger partial charge < -0.3 is 0 Å². The molecule has 1 nitrogen and oxygen atoms in total. The SMILES string of the molecule is CCC1(F)CCCCC1=O. The highest BCUT2D eigenvalue weighted by molar-refractivity contribution is 5.87. The zero-order chi connectivity index (χ0) is 7.61. The van der Waals surface area contributed by atoms with Crippen LogP contribution in [0.15, 0.2) is 0 Å². The van der Waals surface area contributed by atoms with Crippen LogP contribution in [0.25, 0.3) is 0 Å². The molecule has 1 atom stereocenters. The fraction of sp³-hybridized carbons (Fsp3) is 0.875. The van der Waals surface area contributed by atoms with Crippen molar-refractivity contribution in [1.29, 1.82) is 0 Å². The predicted octanol–water partition coefficient (Wildman–Crippen LogP) is 2.25. The maximum absolute atomic E-state index is 13.3. The molecular weight excluding hydrogens is 131 g/mol. The highest BCUT2D eigenvalue weighted by Crippen LogP contribution is 2.31. The minimum atomic E-state index is -1.46. The second-order valence-electron chi connectivity index (χ2n) is 2.95. The number of carbonyl (C=O) groups excluding carboxylic acids is 1. The maximum atomic E-state index is 13.3. The van der Waals surface area contributed by atoms with E-state index in [-0.39, 0.29) is 5.78 Å². The molecule has 0 aromatic carbocycles. The largest absolute Gasteiger partial charge is 0.296 e. The summed E-state index contributed by atoms with van der Waals surface area (Å²) in [7, 11) is 0. The quantitative estimate of drug-likeness (QED) is 0.551. The fourth-order valence-corrected chi connectivity index (χ4v) is 1.43. The van der Waals surface area contributed by atoms with Gasteiger partial charge in [0.1, 0.15) is 0 Å². The van der Waals surface area contributed by atoms with E-state index in [9.17, 15) is 9.18 Å². The molecule has 0 saturated heterocycles. The first kappa shape index (κ1) is 7.70. The van der Waals surface area contributed by atoms with Gasteiger partial charge >= 0.3 is 0 Å². The highest BCUT2D eigenvalue weighted by atomic mass is 19.1. The van der Waals surface area contributed by atoms with E-state index in [0.717, 1.165) is 12.8 Å². The van der Waals surface area contributed by atoms with Gasteiger partial charge in [0, 0.05) is 6.42 Å². The summed E-state index contributed by atoms with van der Waals surface area (Å²) in [6, 6.07) is 0. The molecule has 1 saturated carbocycles. The summed E-state index contributed by atoms with van der Waals surface area (Å²) < 4.78 is 13.3. The molecule has 0 bridgehead atoms. The number of halogens is 1. The summed E-state index contributed by atoms with van der Waals surface area (Å²) in [6.07, 6.45) is 3.00. The molecule has 1 fully saturated rings. The molecule has 0 aliphatic heterocycles. The number of ketones is 1. The average molecular weight is 144 g/mol. The van der Waals surface area contributed by atoms with Crippen LogP contribution in [0.1, 0.15) is 39.0 Å². The molecule has 0 aromatic heterocycles. The van der Waals surface area contributed by atoms with E-state index >= 15 is 0 Å². The third kappa shape index (κ3) is 1.20. The first-order valence-electron chi connectivity index (χ1n) is 3.91. The third-order valence-corrected chi connectivity index (χ3v) is 2.29. The Hall–Kier alpha value is -0.400. The monoisotopic (exact) mass is 144 g/mol. The van der Waals surface area contributed by atoms with Crippen LogP contribution in [0.4, 0.5) is 4.39 Å². The Morgan fingerprint density at radius 3 is 2.70 bits per heavy atom. The van der Waals surface area contributed by atoms with Gasteiger partial charge in [0.25, 0.3) is 0 Å². The van der Waals surface area contributed by atoms with Gasteiger partial charge in [-0.2, -0.15) is 0 Å². The number of carbonyl (C=O) groups is 1. The predicted molar refractivity (Wildman–Crippen MR) is 37.6 cm³/mol. The Morgan fingerprint density at radius 1 is 1.60 bits per heavy atom. The zero-order valence-corrected chi connectivity index (χ0v) is 6.32. The van der Waals surface area contributed by atoms with Crippen LogP contribution in [0.3, 0.4) is 0 Å². The minimum absolute atomic E-state index is 0.179. The summed E-state index contributed by atoms with van der Waals surface area (Å²) in [5, 5.41) is 0. The molecule has 0 N–H and O–H groups in total. The lowest BCUT2D eigenvalue weighted by Gasteiger charge is -2.26. The van der Waals surface area contributed by atoms with Gasteiger partial charge in [-0.05, 0) is 25.7 Å². The summed E-state index contributed by atoms with van der Waals surface area (Å²) in [5.74, 6) is -0.179. The van der Waals surface area contributed by atoms with E-state index in [1.165, 1.54) is 0 Å². The number of Topliss-reactive ketones (excluding diaryl/α,β-unsaturated/α-hetero) is 1. The smallest absolute Gasteiger partial charge is 0.169 e. The molecule has 10 heavy (non-hydrogen) atoms. The Bertz CT molecular complexity index is 144. The lowest BCUT2D eigenvalue weighted by atomic mass is 9.83. The summed E-state index contributed by atoms with van der Waals surface area (Å²) in [6.45, 7) is 1.74. The van der Waals surface area contributed by atoms with E-state index in [2.05, 4.69) is 0 Å². The van der Waals surface area contributed by atoms with Gasteiger partial charge in [0.15, 0.2) is 11.5 Å². The number of hydrogen-bond donors (Lipinski definition) is 0. The first-order chi connectivity index (χ1) is 4.69. The van der Waals surface area contributed by atoms with Crippen molar-refractivity contribution in [2.24, 2.45) is 0 Å². The molecule has 2 heteroatoms. The lowest BCUT2D eigenvalue weighted by molar-refractivity contribution is -0.133. The van der Waals surface area contributed by atoms with E-state index < -0.39 is 5.67 Å². The molecule has 0 amide bonds. The van der Waals surface area contributed by atoms with E-state index in [1.807, 2.05) is 0 Å². The Kier molecular flexibility index (Phi) is 2.07. The molecule has 0 aromatic rings. The van der Waals surface area contributed by atoms with Crippen LogP contribution in [0.2, 0.25) is 0 Å². The van der Waals surface area contributed by atoms with E-state index in [0.29, 0.717) is 19.3 Å². The van der Waals surface area contributed by atoms with Gasteiger partial charge in [0.05, 0.1) is 0 Å². The van der Waals surface area contributed by atoms with Crippen molar-refractivity contribution in [1.82, 2.24) is 0 Å². The van der Waals surface area contributed by atoms with Gasteiger partial charge in [-0.3, -0.25) is 4.79 Å². The molecule has 1 rings (SSSR count). The van der Waals surface area contributed by atoms with Crippen LogP contribution in [0, 0.1) is 0 Å². The first-order valence-corrected chi connectivity index (χ1v) is 3.91. The number of hydrogen-bond acceptors (Lipinski definition) is 1. The lowest BCUT2D eigenvalue weighted by Crippen LogP contribution is -2.35. The van der Waals surface area contributed by atoms with E-state index in [4.69, 9.17) is 0 Å². The van der Waals surface area contributed by atoms with Gasteiger partial charge in [-0.25, -0.2) is 4.39 Å². The molecule has 1 unspecified atom stereocenters. The average Bonchev–Trinajstić information content (AvgIpc) is 1.96. The summed E-state index contributed by atoms with van der Waals surface area (Å²) in [5.41, 5.74) is -1.46. The highest BCUT2D eigenvalue weighted by Gasteiger charge is 2.37. The molecule has 58 valence electrons. The fourth-order valence-electron chi connectivity index (χ4n) is 1.43. The van der Waals surface area contributed by atoms with Gasteiger partial charge in [-0.15, -0.1) is 0 Å². The van der Waals surface area contributed by atoms with Crippen molar-refractivity contribution in [2.75, 3.05) is 0 Å². The Morgan fingerprint density at radius 2 is 2.30 bits per heavy atom. The van der Waals surface area contributed by atoms with Crippen molar-refractivity contribution < 1.29 is 9.18 Å². The van der Waals surface area contributed by atoms with Crippen molar-refractivity contribution in [3.8, 4) is 0 Å². The zero-order valence-electron chi connectivity index (χ0n) is 6.32. The topological polar surface area (TPSA) is 17.1 Å². The normalized spacial score (nSPS) is 34.4. The second kappa shape index (κ2) is 2.69. The molecule has 0 radical (unpaired) electrons. The Balaban J connectivity index is 2.63. The van der Waals surface area contributed by atoms with Crippen molar-refractivity contribution in [3.05, 3.63) is 0 Å². The van der Waals surface area contributed by atoms with Crippen LogP contribution < -0.4 is 0 Å². The summed E-state index contributed by atoms with van der Waals surface area (Å²) in [4.78, 5) is 11.0. The standard InChI is InChI=1S/C8H13FO/c1-2-8(9)6-4-3-5-7(8)10/h2-6H2,1H3. The summed E-state index contributed by atoms with van der Waals surface area (Å²) >= 11 is 0. The van der Waals surface area contributed by atoms with Gasteiger partial charge in [0.2, 0.25) is 0 Å². The van der Waals surface area contributed by atoms with Gasteiger partial charge in [-0.1, -0.05) is 6.92 Å².